The Morgan fingerprint density at radius 1 is 1.14 bits per heavy atom. The first-order valence-corrected chi connectivity index (χ1v) is 11.8. The second-order valence-corrected chi connectivity index (χ2v) is 8.85. The molecular formula is C23H32N4OS. The van der Waals surface area contributed by atoms with Gasteiger partial charge in [0.05, 0.1) is 23.4 Å². The van der Waals surface area contributed by atoms with Gasteiger partial charge < -0.3 is 15.5 Å². The van der Waals surface area contributed by atoms with Crippen LogP contribution in [0.1, 0.15) is 38.3 Å². The summed E-state index contributed by atoms with van der Waals surface area (Å²) in [6.07, 6.45) is 2.55. The maximum Gasteiger partial charge on any atom is 0.191 e. The molecule has 0 radical (unpaired) electrons. The minimum atomic E-state index is -1.03. The van der Waals surface area contributed by atoms with E-state index < -0.39 is 10.8 Å². The number of guanidine groups is 1. The van der Waals surface area contributed by atoms with Crippen LogP contribution in [-0.2, 0) is 10.8 Å². The Morgan fingerprint density at radius 2 is 1.90 bits per heavy atom. The minimum Gasteiger partial charge on any atom is -0.372 e. The SMILES string of the molecule is CCNC(=NCCS(=O)c1ccccc1)NC(C)c1cccc(N2CCCC2)c1. The summed E-state index contributed by atoms with van der Waals surface area (Å²) in [5.41, 5.74) is 2.54. The average Bonchev–Trinajstić information content (AvgIpc) is 3.29. The van der Waals surface area contributed by atoms with E-state index in [4.69, 9.17) is 0 Å². The van der Waals surface area contributed by atoms with Gasteiger partial charge in [0, 0.05) is 36.0 Å². The molecule has 2 unspecified atom stereocenters. The van der Waals surface area contributed by atoms with Crippen molar-refractivity contribution >= 4 is 22.4 Å². The first-order valence-electron chi connectivity index (χ1n) is 10.5. The van der Waals surface area contributed by atoms with E-state index in [0.717, 1.165) is 30.5 Å². The zero-order chi connectivity index (χ0) is 20.5. The minimum absolute atomic E-state index is 0.134. The Balaban J connectivity index is 1.59. The van der Waals surface area contributed by atoms with E-state index in [-0.39, 0.29) is 6.04 Å². The second-order valence-electron chi connectivity index (χ2n) is 7.28. The van der Waals surface area contributed by atoms with Gasteiger partial charge >= 0.3 is 0 Å². The number of hydrogen-bond acceptors (Lipinski definition) is 3. The van der Waals surface area contributed by atoms with Crippen molar-refractivity contribution < 1.29 is 4.21 Å². The molecule has 0 aliphatic carbocycles. The standard InChI is InChI=1S/C23H32N4OS/c1-3-24-23(25-14-17-29(28)22-12-5-4-6-13-22)26-19(2)20-10-9-11-21(18-20)27-15-7-8-16-27/h4-6,9-13,18-19H,3,7-8,14-17H2,1-2H3,(H2,24,25,26). The van der Waals surface area contributed by atoms with Gasteiger partial charge in [-0.1, -0.05) is 30.3 Å². The molecule has 3 rings (SSSR count). The fraction of sp³-hybridized carbons (Fsp3) is 0.435. The van der Waals surface area contributed by atoms with Crippen molar-refractivity contribution in [3.05, 3.63) is 60.2 Å². The molecule has 6 heteroatoms. The lowest BCUT2D eigenvalue weighted by Gasteiger charge is -2.22. The summed E-state index contributed by atoms with van der Waals surface area (Å²) in [5, 5.41) is 6.78. The number of nitrogens with one attached hydrogen (secondary N) is 2. The predicted octanol–water partition coefficient (Wildman–Crippen LogP) is 3.71. The van der Waals surface area contributed by atoms with E-state index in [1.54, 1.807) is 0 Å². The van der Waals surface area contributed by atoms with Gasteiger partial charge in [0.25, 0.3) is 0 Å². The van der Waals surface area contributed by atoms with Gasteiger partial charge in [-0.15, -0.1) is 0 Å². The van der Waals surface area contributed by atoms with Crippen molar-refractivity contribution in [2.75, 3.05) is 36.8 Å². The highest BCUT2D eigenvalue weighted by molar-refractivity contribution is 7.85. The number of anilines is 1. The molecule has 2 aromatic carbocycles. The van der Waals surface area contributed by atoms with Gasteiger partial charge in [0.2, 0.25) is 0 Å². The highest BCUT2D eigenvalue weighted by Gasteiger charge is 2.14. The Morgan fingerprint density at radius 3 is 2.62 bits per heavy atom. The van der Waals surface area contributed by atoms with Crippen LogP contribution < -0.4 is 15.5 Å². The molecule has 0 saturated carbocycles. The van der Waals surface area contributed by atoms with Gasteiger partial charge in [0.1, 0.15) is 0 Å². The Labute approximate surface area is 177 Å². The lowest BCUT2D eigenvalue weighted by molar-refractivity contribution is 0.680. The number of aliphatic imine (C=N–C) groups is 1. The Kier molecular flexibility index (Phi) is 8.11. The second kappa shape index (κ2) is 11.0. The number of hydrogen-bond donors (Lipinski definition) is 2. The first kappa shape index (κ1) is 21.4. The molecule has 1 aliphatic rings. The first-order chi connectivity index (χ1) is 14.2. The largest absolute Gasteiger partial charge is 0.372 e. The maximum absolute atomic E-state index is 12.4. The van der Waals surface area contributed by atoms with E-state index >= 15 is 0 Å². The number of benzene rings is 2. The quantitative estimate of drug-likeness (QED) is 0.513. The van der Waals surface area contributed by atoms with Gasteiger partial charge in [-0.05, 0) is 56.5 Å². The Hall–Kier alpha value is -2.34. The summed E-state index contributed by atoms with van der Waals surface area (Å²) in [5.74, 6) is 1.27. The van der Waals surface area contributed by atoms with Gasteiger partial charge in [-0.2, -0.15) is 0 Å². The summed E-state index contributed by atoms with van der Waals surface area (Å²) in [6, 6.07) is 18.5. The smallest absolute Gasteiger partial charge is 0.191 e. The fourth-order valence-corrected chi connectivity index (χ4v) is 4.46. The predicted molar refractivity (Wildman–Crippen MR) is 123 cm³/mol. The maximum atomic E-state index is 12.4. The zero-order valence-corrected chi connectivity index (χ0v) is 18.3. The molecule has 2 atom stereocenters. The molecular weight excluding hydrogens is 380 g/mol. The molecule has 1 heterocycles. The van der Waals surface area contributed by atoms with E-state index in [1.807, 2.05) is 30.3 Å². The summed E-state index contributed by atoms with van der Waals surface area (Å²) < 4.78 is 12.4. The zero-order valence-electron chi connectivity index (χ0n) is 17.4. The lowest BCUT2D eigenvalue weighted by Crippen LogP contribution is -2.39. The van der Waals surface area contributed by atoms with Crippen molar-refractivity contribution in [3.63, 3.8) is 0 Å². The molecule has 1 fully saturated rings. The topological polar surface area (TPSA) is 56.7 Å². The van der Waals surface area contributed by atoms with Crippen molar-refractivity contribution in [2.45, 2.75) is 37.6 Å². The molecule has 2 N–H and O–H groups in total. The monoisotopic (exact) mass is 412 g/mol. The average molecular weight is 413 g/mol. The molecule has 29 heavy (non-hydrogen) atoms. The van der Waals surface area contributed by atoms with E-state index in [2.05, 4.69) is 58.6 Å². The summed E-state index contributed by atoms with van der Waals surface area (Å²) in [4.78, 5) is 7.94. The van der Waals surface area contributed by atoms with Crippen LogP contribution in [-0.4, -0.2) is 42.1 Å². The van der Waals surface area contributed by atoms with Crippen LogP contribution in [0, 0.1) is 0 Å². The third-order valence-electron chi connectivity index (χ3n) is 5.09. The van der Waals surface area contributed by atoms with Gasteiger partial charge in [-0.25, -0.2) is 0 Å². The van der Waals surface area contributed by atoms with E-state index in [9.17, 15) is 4.21 Å². The third-order valence-corrected chi connectivity index (χ3v) is 6.44. The molecule has 5 nitrogen and oxygen atoms in total. The molecule has 0 spiro atoms. The summed E-state index contributed by atoms with van der Waals surface area (Å²) in [6.45, 7) is 7.80. The number of rotatable bonds is 8. The molecule has 0 aromatic heterocycles. The molecule has 0 bridgehead atoms. The van der Waals surface area contributed by atoms with Crippen LogP contribution in [0.3, 0.4) is 0 Å². The fourth-order valence-electron chi connectivity index (χ4n) is 3.51. The van der Waals surface area contributed by atoms with Crippen LogP contribution in [0.15, 0.2) is 64.5 Å². The lowest BCUT2D eigenvalue weighted by atomic mass is 10.1. The van der Waals surface area contributed by atoms with Crippen LogP contribution in [0.2, 0.25) is 0 Å². The molecule has 2 aromatic rings. The van der Waals surface area contributed by atoms with Crippen molar-refractivity contribution in [1.29, 1.82) is 0 Å². The summed E-state index contributed by atoms with van der Waals surface area (Å²) >= 11 is 0. The molecule has 1 saturated heterocycles. The molecule has 1 aliphatic heterocycles. The van der Waals surface area contributed by atoms with Crippen LogP contribution in [0.4, 0.5) is 5.69 Å². The highest BCUT2D eigenvalue weighted by Crippen LogP contribution is 2.23. The molecule has 0 amide bonds. The van der Waals surface area contributed by atoms with Gasteiger partial charge in [0.15, 0.2) is 5.96 Å². The van der Waals surface area contributed by atoms with Crippen LogP contribution in [0.5, 0.6) is 0 Å². The number of nitrogens with zero attached hydrogens (tertiary/aromatic N) is 2. The Bertz CT molecular complexity index is 819. The van der Waals surface area contributed by atoms with Crippen LogP contribution >= 0.6 is 0 Å². The van der Waals surface area contributed by atoms with Crippen LogP contribution in [0.25, 0.3) is 0 Å². The van der Waals surface area contributed by atoms with Crippen molar-refractivity contribution in [1.82, 2.24) is 10.6 Å². The normalized spacial score (nSPS) is 16.5. The molecule has 156 valence electrons. The van der Waals surface area contributed by atoms with Gasteiger partial charge in [-0.3, -0.25) is 9.20 Å². The van der Waals surface area contributed by atoms with E-state index in [0.29, 0.717) is 12.3 Å². The van der Waals surface area contributed by atoms with Crippen molar-refractivity contribution in [2.24, 2.45) is 4.99 Å². The van der Waals surface area contributed by atoms with E-state index in [1.165, 1.54) is 24.1 Å². The highest BCUT2D eigenvalue weighted by atomic mass is 32.2. The van der Waals surface area contributed by atoms with Crippen molar-refractivity contribution in [3.8, 4) is 0 Å². The third kappa shape index (κ3) is 6.32. The summed E-state index contributed by atoms with van der Waals surface area (Å²) in [7, 11) is -1.03.